The molecule has 2 aliphatic carbocycles. The summed E-state index contributed by atoms with van der Waals surface area (Å²) in [5.74, 6) is 0. The molecule has 0 radical (unpaired) electrons. The highest BCUT2D eigenvalue weighted by Gasteiger charge is 2.53. The largest absolute Gasteiger partial charge is 0.494 e. The van der Waals surface area contributed by atoms with Gasteiger partial charge in [0.25, 0.3) is 0 Å². The lowest BCUT2D eigenvalue weighted by molar-refractivity contribution is 0.00578. The van der Waals surface area contributed by atoms with Gasteiger partial charge in [-0.2, -0.15) is 0 Å². The topological polar surface area (TPSA) is 18.5 Å². The summed E-state index contributed by atoms with van der Waals surface area (Å²) in [7, 11) is -0.435. The molecule has 2 nitrogen and oxygen atoms in total. The predicted octanol–water partition coefficient (Wildman–Crippen LogP) is 9.29. The first kappa shape index (κ1) is 27.6. The van der Waals surface area contributed by atoms with E-state index in [2.05, 4.69) is 158 Å². The number of hydrogen-bond acceptors (Lipinski definition) is 2. The maximum Gasteiger partial charge on any atom is 0.494 e. The van der Waals surface area contributed by atoms with Crippen LogP contribution in [0.15, 0.2) is 109 Å². The average Bonchev–Trinajstić information content (AvgIpc) is 3.38. The minimum absolute atomic E-state index is 0.0155. The Morgan fingerprint density at radius 2 is 0.955 bits per heavy atom. The fourth-order valence-electron chi connectivity index (χ4n) is 7.71. The van der Waals surface area contributed by atoms with E-state index in [-0.39, 0.29) is 5.41 Å². The summed E-state index contributed by atoms with van der Waals surface area (Å²) in [5.41, 5.74) is 14.0. The van der Waals surface area contributed by atoms with Gasteiger partial charge in [-0.05, 0) is 99.8 Å². The van der Waals surface area contributed by atoms with Gasteiger partial charge in [-0.25, -0.2) is 0 Å². The third kappa shape index (κ3) is 3.63. The molecule has 1 fully saturated rings. The molecule has 3 heteroatoms. The lowest BCUT2D eigenvalue weighted by Crippen LogP contribution is -2.41. The monoisotopic (exact) mass is 574 g/mol. The lowest BCUT2D eigenvalue weighted by atomic mass is 9.64. The molecule has 8 rings (SSSR count). The zero-order valence-electron chi connectivity index (χ0n) is 26.8. The summed E-state index contributed by atoms with van der Waals surface area (Å²) in [5, 5.41) is 0. The van der Waals surface area contributed by atoms with Crippen molar-refractivity contribution in [3.63, 3.8) is 0 Å². The van der Waals surface area contributed by atoms with Crippen molar-refractivity contribution in [1.82, 2.24) is 0 Å². The van der Waals surface area contributed by atoms with E-state index >= 15 is 0 Å². The Balaban J connectivity index is 1.51. The molecule has 3 aliphatic rings. The van der Waals surface area contributed by atoms with Crippen LogP contribution in [0.5, 0.6) is 0 Å². The standard InChI is InChI=1S/C41H39BO2/c1-38(2,3)26-20-22-32-31-17-11-13-19-35(31)41(37(32)24-26)34-18-12-10-16-30(34)28-14-8-9-15-29(28)33-25-27(21-23-36(33)41)42-43-39(4,5)40(6,7)44-42/h8-25H,1-7H3. The van der Waals surface area contributed by atoms with Crippen LogP contribution in [0.2, 0.25) is 0 Å². The Morgan fingerprint density at radius 1 is 0.477 bits per heavy atom. The number of benzene rings is 5. The molecule has 1 spiro atoms. The molecule has 0 amide bonds. The van der Waals surface area contributed by atoms with Gasteiger partial charge in [-0.3, -0.25) is 0 Å². The fourth-order valence-corrected chi connectivity index (χ4v) is 7.71. The van der Waals surface area contributed by atoms with Crippen molar-refractivity contribution >= 4 is 12.6 Å². The average molecular weight is 575 g/mol. The summed E-state index contributed by atoms with van der Waals surface area (Å²) in [6, 6.07) is 41.1. The predicted molar refractivity (Wildman–Crippen MR) is 183 cm³/mol. The molecule has 1 heterocycles. The molecule has 0 aromatic heterocycles. The molecular weight excluding hydrogens is 535 g/mol. The van der Waals surface area contributed by atoms with E-state index in [9.17, 15) is 0 Å². The second-order valence-electron chi connectivity index (χ2n) is 14.8. The van der Waals surface area contributed by atoms with Gasteiger partial charge in [0, 0.05) is 0 Å². The van der Waals surface area contributed by atoms with Gasteiger partial charge in [0.1, 0.15) is 0 Å². The van der Waals surface area contributed by atoms with Crippen molar-refractivity contribution in [2.24, 2.45) is 0 Å². The Hall–Kier alpha value is -3.92. The van der Waals surface area contributed by atoms with Crippen LogP contribution in [0.25, 0.3) is 33.4 Å². The molecule has 1 saturated heterocycles. The van der Waals surface area contributed by atoms with Crippen LogP contribution in [0.4, 0.5) is 0 Å². The third-order valence-corrected chi connectivity index (χ3v) is 10.7. The molecular formula is C41H39BO2. The summed E-state index contributed by atoms with van der Waals surface area (Å²) < 4.78 is 13.2. The van der Waals surface area contributed by atoms with Crippen LogP contribution in [0, 0.1) is 0 Å². The summed E-state index contributed by atoms with van der Waals surface area (Å²) in [6.07, 6.45) is 0. The van der Waals surface area contributed by atoms with Crippen molar-refractivity contribution in [2.75, 3.05) is 0 Å². The lowest BCUT2D eigenvalue weighted by Gasteiger charge is -2.36. The smallest absolute Gasteiger partial charge is 0.399 e. The molecule has 1 aliphatic heterocycles. The minimum atomic E-state index is -0.493. The molecule has 0 bridgehead atoms. The first-order valence-electron chi connectivity index (χ1n) is 15.9. The zero-order valence-corrected chi connectivity index (χ0v) is 26.8. The van der Waals surface area contributed by atoms with Crippen molar-refractivity contribution in [1.29, 1.82) is 0 Å². The van der Waals surface area contributed by atoms with Gasteiger partial charge in [0.15, 0.2) is 0 Å². The van der Waals surface area contributed by atoms with E-state index in [1.165, 1.54) is 61.2 Å². The van der Waals surface area contributed by atoms with E-state index < -0.39 is 23.7 Å². The number of hydrogen-bond donors (Lipinski definition) is 0. The summed E-state index contributed by atoms with van der Waals surface area (Å²) in [6.45, 7) is 15.4. The number of rotatable bonds is 1. The molecule has 0 saturated carbocycles. The highest BCUT2D eigenvalue weighted by atomic mass is 16.7. The van der Waals surface area contributed by atoms with Gasteiger partial charge in [-0.1, -0.05) is 130 Å². The molecule has 5 aromatic carbocycles. The minimum Gasteiger partial charge on any atom is -0.399 e. The van der Waals surface area contributed by atoms with E-state index in [4.69, 9.17) is 9.31 Å². The quantitative estimate of drug-likeness (QED) is 0.182. The second kappa shape index (κ2) is 9.06. The molecule has 0 N–H and O–H groups in total. The van der Waals surface area contributed by atoms with E-state index in [0.29, 0.717) is 0 Å². The van der Waals surface area contributed by atoms with Crippen LogP contribution in [-0.2, 0) is 20.1 Å². The Morgan fingerprint density at radius 3 is 1.55 bits per heavy atom. The van der Waals surface area contributed by atoms with Crippen molar-refractivity contribution in [3.8, 4) is 33.4 Å². The van der Waals surface area contributed by atoms with Crippen LogP contribution >= 0.6 is 0 Å². The van der Waals surface area contributed by atoms with Gasteiger partial charge in [-0.15, -0.1) is 0 Å². The highest BCUT2D eigenvalue weighted by Crippen LogP contribution is 2.61. The van der Waals surface area contributed by atoms with E-state index in [0.717, 1.165) is 5.46 Å². The Bertz CT molecular complexity index is 1960. The maximum atomic E-state index is 6.58. The first-order chi connectivity index (χ1) is 20.9. The third-order valence-electron chi connectivity index (χ3n) is 10.7. The summed E-state index contributed by atoms with van der Waals surface area (Å²) in [4.78, 5) is 0. The molecule has 1 atom stereocenters. The summed E-state index contributed by atoms with van der Waals surface area (Å²) >= 11 is 0. The number of fused-ring (bicyclic) bond motifs is 12. The van der Waals surface area contributed by atoms with E-state index in [1.54, 1.807) is 0 Å². The molecule has 1 unspecified atom stereocenters. The Labute approximate surface area is 262 Å². The van der Waals surface area contributed by atoms with Crippen molar-refractivity contribution in [2.45, 2.75) is 70.5 Å². The normalized spacial score (nSPS) is 20.4. The van der Waals surface area contributed by atoms with Crippen molar-refractivity contribution < 1.29 is 9.31 Å². The zero-order chi connectivity index (χ0) is 30.6. The highest BCUT2D eigenvalue weighted by molar-refractivity contribution is 6.62. The van der Waals surface area contributed by atoms with Crippen LogP contribution < -0.4 is 5.46 Å². The Kier molecular flexibility index (Phi) is 5.69. The van der Waals surface area contributed by atoms with Gasteiger partial charge in [0.05, 0.1) is 16.6 Å². The van der Waals surface area contributed by atoms with Gasteiger partial charge in [0.2, 0.25) is 0 Å². The van der Waals surface area contributed by atoms with Gasteiger partial charge >= 0.3 is 7.12 Å². The van der Waals surface area contributed by atoms with Crippen LogP contribution in [0.1, 0.15) is 76.3 Å². The first-order valence-corrected chi connectivity index (χ1v) is 15.9. The second-order valence-corrected chi connectivity index (χ2v) is 14.8. The van der Waals surface area contributed by atoms with E-state index in [1.807, 2.05) is 0 Å². The molecule has 218 valence electrons. The SMILES string of the molecule is CC(C)(C)c1ccc2c(c1)C1(c3ccccc3-c3ccccc3-c3cc(B4OC(C)(C)C(C)(C)O4)ccc31)c1ccccc1-2. The van der Waals surface area contributed by atoms with Crippen LogP contribution in [0.3, 0.4) is 0 Å². The fraction of sp³-hybridized carbons (Fsp3) is 0.268. The molecule has 5 aromatic rings. The maximum absolute atomic E-state index is 6.58. The van der Waals surface area contributed by atoms with Crippen molar-refractivity contribution in [3.05, 3.63) is 137 Å². The molecule has 44 heavy (non-hydrogen) atoms. The van der Waals surface area contributed by atoms with Crippen LogP contribution in [-0.4, -0.2) is 18.3 Å². The van der Waals surface area contributed by atoms with Gasteiger partial charge < -0.3 is 9.31 Å².